The molecule has 0 radical (unpaired) electrons. The molecule has 0 aromatic heterocycles. The van der Waals surface area contributed by atoms with E-state index in [1.807, 2.05) is 47.4 Å². The van der Waals surface area contributed by atoms with Crippen LogP contribution in [0.3, 0.4) is 0 Å². The standard InChI is InChI=1S/C36H48N6O8S/c1-51(46,47)41-20-18-38(19-21-41)28-9-13-39(14-10-28)34(43)33(25-26-6-7-31-32(24-26)49-23-22-48-31)50-36(45)40-15-11-29(12-16-40)42-17-8-27-4-2-3-5-30(27)37-35(42)44/h2-7,24,28-29,33H,8-23,25H2,1H3,(H,37,44)/t33-/m1/s1. The lowest BCUT2D eigenvalue weighted by Gasteiger charge is -2.42. The molecule has 0 unspecified atom stereocenters. The predicted molar refractivity (Wildman–Crippen MR) is 189 cm³/mol. The van der Waals surface area contributed by atoms with Gasteiger partial charge in [0.25, 0.3) is 5.91 Å². The van der Waals surface area contributed by atoms with E-state index in [0.717, 1.165) is 36.1 Å². The van der Waals surface area contributed by atoms with Crippen LogP contribution in [0, 0.1) is 0 Å². The van der Waals surface area contributed by atoms with E-state index in [1.165, 1.54) is 10.6 Å². The summed E-state index contributed by atoms with van der Waals surface area (Å²) in [5.74, 6) is 1.03. The number of benzene rings is 2. The molecule has 4 amide bonds. The number of hydrogen-bond acceptors (Lipinski definition) is 9. The van der Waals surface area contributed by atoms with Crippen molar-refractivity contribution in [2.45, 2.75) is 56.7 Å². The van der Waals surface area contributed by atoms with Crippen LogP contribution in [0.15, 0.2) is 42.5 Å². The van der Waals surface area contributed by atoms with Gasteiger partial charge in [-0.1, -0.05) is 24.3 Å². The fourth-order valence-corrected chi connectivity index (χ4v) is 8.78. The summed E-state index contributed by atoms with van der Waals surface area (Å²) in [7, 11) is -3.20. The van der Waals surface area contributed by atoms with Crippen molar-refractivity contribution < 1.29 is 37.0 Å². The summed E-state index contributed by atoms with van der Waals surface area (Å²) in [6, 6.07) is 13.5. The molecule has 5 aliphatic heterocycles. The van der Waals surface area contributed by atoms with Crippen molar-refractivity contribution in [1.82, 2.24) is 23.9 Å². The van der Waals surface area contributed by atoms with E-state index in [1.54, 1.807) is 9.80 Å². The maximum Gasteiger partial charge on any atom is 0.410 e. The highest BCUT2D eigenvalue weighted by atomic mass is 32.2. The average Bonchev–Trinajstić information content (AvgIpc) is 3.32. The molecule has 0 aliphatic carbocycles. The Balaban J connectivity index is 0.973. The Labute approximate surface area is 299 Å². The summed E-state index contributed by atoms with van der Waals surface area (Å²) in [6.45, 7) is 5.70. The quantitative estimate of drug-likeness (QED) is 0.457. The molecule has 3 saturated heterocycles. The third kappa shape index (κ3) is 8.20. The Morgan fingerprint density at radius 1 is 0.843 bits per heavy atom. The molecule has 7 rings (SSSR count). The van der Waals surface area contributed by atoms with Crippen LogP contribution in [-0.2, 0) is 32.4 Å². The Hall–Kier alpha value is -4.08. The van der Waals surface area contributed by atoms with Crippen LogP contribution in [-0.4, -0.2) is 147 Å². The first-order valence-electron chi connectivity index (χ1n) is 18.1. The fraction of sp³-hybridized carbons (Fsp3) is 0.583. The van der Waals surface area contributed by atoms with Crippen molar-refractivity contribution in [3.05, 3.63) is 53.6 Å². The van der Waals surface area contributed by atoms with Gasteiger partial charge in [0.2, 0.25) is 10.0 Å². The minimum atomic E-state index is -3.20. The number of para-hydroxylation sites is 1. The zero-order valence-electron chi connectivity index (χ0n) is 29.2. The number of fused-ring (bicyclic) bond motifs is 2. The lowest BCUT2D eigenvalue weighted by Crippen LogP contribution is -2.55. The molecule has 5 aliphatic rings. The zero-order valence-corrected chi connectivity index (χ0v) is 30.0. The maximum absolute atomic E-state index is 14.1. The van der Waals surface area contributed by atoms with E-state index < -0.39 is 22.2 Å². The van der Waals surface area contributed by atoms with Crippen LogP contribution in [0.25, 0.3) is 0 Å². The smallest absolute Gasteiger partial charge is 0.410 e. The van der Waals surface area contributed by atoms with Crippen molar-refractivity contribution in [2.75, 3.05) is 83.7 Å². The number of ether oxygens (including phenoxy) is 3. The van der Waals surface area contributed by atoms with Crippen LogP contribution in [0.1, 0.15) is 36.8 Å². The molecule has 51 heavy (non-hydrogen) atoms. The molecule has 14 nitrogen and oxygen atoms in total. The first-order valence-corrected chi connectivity index (χ1v) is 19.9. The average molecular weight is 725 g/mol. The molecule has 0 bridgehead atoms. The lowest BCUT2D eigenvalue weighted by molar-refractivity contribution is -0.142. The van der Waals surface area contributed by atoms with Gasteiger partial charge in [-0.3, -0.25) is 9.69 Å². The van der Waals surface area contributed by atoms with Gasteiger partial charge in [0, 0.05) is 83.1 Å². The van der Waals surface area contributed by atoms with Gasteiger partial charge in [0.05, 0.1) is 6.26 Å². The predicted octanol–water partition coefficient (Wildman–Crippen LogP) is 2.63. The van der Waals surface area contributed by atoms with Crippen molar-refractivity contribution in [3.63, 3.8) is 0 Å². The van der Waals surface area contributed by atoms with Gasteiger partial charge in [0.15, 0.2) is 17.6 Å². The highest BCUT2D eigenvalue weighted by Gasteiger charge is 2.37. The Kier molecular flexibility index (Phi) is 10.6. The zero-order chi connectivity index (χ0) is 35.5. The van der Waals surface area contributed by atoms with Crippen molar-refractivity contribution in [3.8, 4) is 11.5 Å². The van der Waals surface area contributed by atoms with E-state index in [-0.39, 0.29) is 30.4 Å². The Morgan fingerprint density at radius 3 is 2.24 bits per heavy atom. The second-order valence-electron chi connectivity index (χ2n) is 14.1. The van der Waals surface area contributed by atoms with Gasteiger partial charge in [-0.2, -0.15) is 4.31 Å². The van der Waals surface area contributed by atoms with Gasteiger partial charge in [-0.15, -0.1) is 0 Å². The molecule has 2 aromatic carbocycles. The maximum atomic E-state index is 14.1. The molecule has 0 saturated carbocycles. The number of carbonyl (C=O) groups excluding carboxylic acids is 3. The fourth-order valence-electron chi connectivity index (χ4n) is 7.96. The van der Waals surface area contributed by atoms with E-state index in [2.05, 4.69) is 10.2 Å². The molecule has 276 valence electrons. The topological polar surface area (TPSA) is 141 Å². The third-order valence-electron chi connectivity index (χ3n) is 10.9. The van der Waals surface area contributed by atoms with E-state index in [4.69, 9.17) is 14.2 Å². The number of anilines is 1. The first kappa shape index (κ1) is 35.3. The highest BCUT2D eigenvalue weighted by molar-refractivity contribution is 7.88. The SMILES string of the molecule is CS(=O)(=O)N1CCN(C2CCN(C(=O)[C@@H](Cc3ccc4c(c3)OCCO4)OC(=O)N3CCC(N4CCc5ccccc5NC4=O)CC3)CC2)CC1. The molecule has 5 heterocycles. The van der Waals surface area contributed by atoms with Crippen molar-refractivity contribution in [2.24, 2.45) is 0 Å². The number of piperazine rings is 1. The van der Waals surface area contributed by atoms with E-state index in [0.29, 0.717) is 96.5 Å². The molecule has 1 N–H and O–H groups in total. The summed E-state index contributed by atoms with van der Waals surface area (Å²) in [6.07, 6.45) is 3.40. The van der Waals surface area contributed by atoms with E-state index in [9.17, 15) is 22.8 Å². The summed E-state index contributed by atoms with van der Waals surface area (Å²) in [4.78, 5) is 48.5. The third-order valence-corrected chi connectivity index (χ3v) is 12.2. The number of nitrogens with zero attached hydrogens (tertiary/aromatic N) is 5. The minimum Gasteiger partial charge on any atom is -0.486 e. The number of piperidine rings is 2. The van der Waals surface area contributed by atoms with Crippen LogP contribution in [0.4, 0.5) is 15.3 Å². The first-order chi connectivity index (χ1) is 24.6. The van der Waals surface area contributed by atoms with Gasteiger partial charge in [-0.05, 0) is 61.4 Å². The Morgan fingerprint density at radius 2 is 1.51 bits per heavy atom. The molecule has 1 atom stereocenters. The minimum absolute atomic E-state index is 0.00541. The van der Waals surface area contributed by atoms with Crippen LogP contribution < -0.4 is 14.8 Å². The molecule has 3 fully saturated rings. The summed E-state index contributed by atoms with van der Waals surface area (Å²) in [5, 5.41) is 3.04. The van der Waals surface area contributed by atoms with Crippen molar-refractivity contribution in [1.29, 1.82) is 0 Å². The largest absolute Gasteiger partial charge is 0.486 e. The van der Waals surface area contributed by atoms with Gasteiger partial charge < -0.3 is 34.2 Å². The van der Waals surface area contributed by atoms with Gasteiger partial charge in [-0.25, -0.2) is 18.0 Å². The highest BCUT2D eigenvalue weighted by Crippen LogP contribution is 2.32. The van der Waals surface area contributed by atoms with E-state index >= 15 is 0 Å². The summed E-state index contributed by atoms with van der Waals surface area (Å²) >= 11 is 0. The van der Waals surface area contributed by atoms with Crippen LogP contribution >= 0.6 is 0 Å². The van der Waals surface area contributed by atoms with Crippen LogP contribution in [0.5, 0.6) is 11.5 Å². The van der Waals surface area contributed by atoms with Gasteiger partial charge in [0.1, 0.15) is 13.2 Å². The van der Waals surface area contributed by atoms with Crippen LogP contribution in [0.2, 0.25) is 0 Å². The Bertz CT molecular complexity index is 1700. The molecular formula is C36H48N6O8S. The lowest BCUT2D eigenvalue weighted by atomic mass is 10.0. The number of sulfonamides is 1. The number of amides is 4. The number of hydrogen-bond donors (Lipinski definition) is 1. The van der Waals surface area contributed by atoms with Crippen molar-refractivity contribution >= 4 is 33.7 Å². The molecule has 0 spiro atoms. The second kappa shape index (κ2) is 15.3. The molecule has 15 heteroatoms. The number of likely N-dealkylation sites (tertiary alicyclic amines) is 2. The molecule has 2 aromatic rings. The van der Waals surface area contributed by atoms with Gasteiger partial charge >= 0.3 is 12.1 Å². The second-order valence-corrected chi connectivity index (χ2v) is 16.0. The normalized spacial score (nSPS) is 21.7. The number of rotatable bonds is 7. The monoisotopic (exact) mass is 724 g/mol. The number of nitrogens with one attached hydrogen (secondary N) is 1. The number of urea groups is 1. The summed E-state index contributed by atoms with van der Waals surface area (Å²) in [5.41, 5.74) is 2.76. The summed E-state index contributed by atoms with van der Waals surface area (Å²) < 4.78 is 43.0. The number of carbonyl (C=O) groups is 3. The molecular weight excluding hydrogens is 676 g/mol.